The number of hydrogen-bond donors (Lipinski definition) is 1. The number of methoxy groups -OCH3 is 1. The molecule has 1 aromatic heterocycles. The van der Waals surface area contributed by atoms with Crippen LogP contribution in [0.25, 0.3) is 11.1 Å². The Bertz CT molecular complexity index is 509. The highest BCUT2D eigenvalue weighted by Gasteiger charge is 2.16. The van der Waals surface area contributed by atoms with Crippen LogP contribution in [0, 0.1) is 0 Å². The van der Waals surface area contributed by atoms with E-state index < -0.39 is 0 Å². The quantitative estimate of drug-likeness (QED) is 0.820. The number of anilines is 2. The molecule has 0 aliphatic carbocycles. The molecule has 0 amide bonds. The highest BCUT2D eigenvalue weighted by molar-refractivity contribution is 5.86. The van der Waals surface area contributed by atoms with E-state index >= 15 is 0 Å². The van der Waals surface area contributed by atoms with Crippen LogP contribution >= 0.6 is 0 Å². The van der Waals surface area contributed by atoms with Crippen molar-refractivity contribution in [1.82, 2.24) is 4.98 Å². The Morgan fingerprint density at radius 2 is 2.29 bits per heavy atom. The molecule has 0 aliphatic heterocycles. The smallest absolute Gasteiger partial charge is 0.298 e. The maximum atomic E-state index is 5.84. The minimum Gasteiger partial charge on any atom is -0.423 e. The number of benzene rings is 1. The summed E-state index contributed by atoms with van der Waals surface area (Å²) in [7, 11) is 3.60. The molecule has 0 bridgehead atoms. The zero-order valence-corrected chi connectivity index (χ0v) is 10.3. The van der Waals surface area contributed by atoms with E-state index in [9.17, 15) is 0 Å². The van der Waals surface area contributed by atoms with Gasteiger partial charge in [0, 0.05) is 14.2 Å². The third-order valence-electron chi connectivity index (χ3n) is 2.81. The molecule has 0 saturated heterocycles. The van der Waals surface area contributed by atoms with Gasteiger partial charge in [0.05, 0.1) is 18.3 Å². The van der Waals surface area contributed by atoms with Gasteiger partial charge in [0.2, 0.25) is 0 Å². The third kappa shape index (κ3) is 2.19. The number of aromatic nitrogens is 1. The molecule has 0 fully saturated rings. The van der Waals surface area contributed by atoms with E-state index in [1.807, 2.05) is 37.1 Å². The standard InChI is InChI=1S/C12H17N3O2/c1-8(7-16-3)15(2)12-14-11-9(13)5-4-6-10(11)17-12/h4-6,8H,7,13H2,1-3H3. The summed E-state index contributed by atoms with van der Waals surface area (Å²) in [6, 6.07) is 6.27. The lowest BCUT2D eigenvalue weighted by Gasteiger charge is -2.21. The van der Waals surface area contributed by atoms with E-state index in [4.69, 9.17) is 14.9 Å². The van der Waals surface area contributed by atoms with Gasteiger partial charge in [0.15, 0.2) is 5.58 Å². The first-order valence-corrected chi connectivity index (χ1v) is 5.50. The summed E-state index contributed by atoms with van der Waals surface area (Å²) in [5, 5.41) is 0. The molecular formula is C12H17N3O2. The molecule has 2 rings (SSSR count). The minimum atomic E-state index is 0.189. The molecule has 1 atom stereocenters. The van der Waals surface area contributed by atoms with Crippen molar-refractivity contribution in [2.45, 2.75) is 13.0 Å². The van der Waals surface area contributed by atoms with Crippen molar-refractivity contribution in [3.8, 4) is 0 Å². The number of nitrogens with zero attached hydrogens (tertiary/aromatic N) is 2. The number of likely N-dealkylation sites (N-methyl/N-ethyl adjacent to an activating group) is 1. The topological polar surface area (TPSA) is 64.5 Å². The summed E-state index contributed by atoms with van der Waals surface area (Å²) in [4.78, 5) is 6.33. The fourth-order valence-corrected chi connectivity index (χ4v) is 1.65. The Hall–Kier alpha value is -1.75. The average molecular weight is 235 g/mol. The van der Waals surface area contributed by atoms with E-state index in [-0.39, 0.29) is 6.04 Å². The Morgan fingerprint density at radius 3 is 2.94 bits per heavy atom. The van der Waals surface area contributed by atoms with Crippen molar-refractivity contribution in [1.29, 1.82) is 0 Å². The van der Waals surface area contributed by atoms with Crippen molar-refractivity contribution in [2.75, 3.05) is 31.4 Å². The molecule has 0 radical (unpaired) electrons. The molecule has 1 unspecified atom stereocenters. The second-order valence-corrected chi connectivity index (χ2v) is 4.11. The van der Waals surface area contributed by atoms with Crippen molar-refractivity contribution in [3.63, 3.8) is 0 Å². The van der Waals surface area contributed by atoms with Gasteiger partial charge < -0.3 is 19.8 Å². The van der Waals surface area contributed by atoms with Gasteiger partial charge in [0.1, 0.15) is 5.52 Å². The number of oxazole rings is 1. The van der Waals surface area contributed by atoms with Gasteiger partial charge in [-0.3, -0.25) is 0 Å². The van der Waals surface area contributed by atoms with Crippen LogP contribution in [0.2, 0.25) is 0 Å². The first kappa shape index (κ1) is 11.7. The van der Waals surface area contributed by atoms with Gasteiger partial charge in [-0.05, 0) is 19.1 Å². The van der Waals surface area contributed by atoms with Gasteiger partial charge in [-0.15, -0.1) is 0 Å². The van der Waals surface area contributed by atoms with Crippen LogP contribution < -0.4 is 10.6 Å². The number of nitrogens with two attached hydrogens (primary N) is 1. The third-order valence-corrected chi connectivity index (χ3v) is 2.81. The number of fused-ring (bicyclic) bond motifs is 1. The first-order chi connectivity index (χ1) is 8.13. The Morgan fingerprint density at radius 1 is 1.53 bits per heavy atom. The molecule has 2 N–H and O–H groups in total. The summed E-state index contributed by atoms with van der Waals surface area (Å²) in [5.41, 5.74) is 7.88. The maximum Gasteiger partial charge on any atom is 0.298 e. The van der Waals surface area contributed by atoms with Crippen molar-refractivity contribution in [3.05, 3.63) is 18.2 Å². The molecule has 0 aliphatic rings. The Kier molecular flexibility index (Phi) is 3.19. The van der Waals surface area contributed by atoms with E-state index in [2.05, 4.69) is 4.98 Å². The van der Waals surface area contributed by atoms with E-state index in [0.29, 0.717) is 29.4 Å². The lowest BCUT2D eigenvalue weighted by molar-refractivity contribution is 0.182. The van der Waals surface area contributed by atoms with E-state index in [1.165, 1.54) is 0 Å². The van der Waals surface area contributed by atoms with Gasteiger partial charge in [-0.2, -0.15) is 4.98 Å². The van der Waals surface area contributed by atoms with Crippen molar-refractivity contribution >= 4 is 22.8 Å². The minimum absolute atomic E-state index is 0.189. The predicted molar refractivity (Wildman–Crippen MR) is 68.2 cm³/mol. The van der Waals surface area contributed by atoms with E-state index in [1.54, 1.807) is 7.11 Å². The summed E-state index contributed by atoms with van der Waals surface area (Å²) in [6.07, 6.45) is 0. The fourth-order valence-electron chi connectivity index (χ4n) is 1.65. The maximum absolute atomic E-state index is 5.84. The number of nitrogen functional groups attached to an aromatic ring is 1. The van der Waals surface area contributed by atoms with E-state index in [0.717, 1.165) is 0 Å². The van der Waals surface area contributed by atoms with Crippen molar-refractivity contribution in [2.24, 2.45) is 0 Å². The largest absolute Gasteiger partial charge is 0.423 e. The lowest BCUT2D eigenvalue weighted by atomic mass is 10.3. The van der Waals surface area contributed by atoms with Gasteiger partial charge >= 0.3 is 0 Å². The van der Waals surface area contributed by atoms with Crippen LogP contribution in [0.15, 0.2) is 22.6 Å². The van der Waals surface area contributed by atoms with Crippen LogP contribution in [0.3, 0.4) is 0 Å². The molecule has 1 heterocycles. The molecule has 17 heavy (non-hydrogen) atoms. The summed E-state index contributed by atoms with van der Waals surface area (Å²) in [6.45, 7) is 2.66. The highest BCUT2D eigenvalue weighted by Crippen LogP contribution is 2.26. The second kappa shape index (κ2) is 4.63. The summed E-state index contributed by atoms with van der Waals surface area (Å²) < 4.78 is 10.8. The van der Waals surface area contributed by atoms with Crippen LogP contribution in [-0.4, -0.2) is 31.8 Å². The molecule has 92 valence electrons. The van der Waals surface area contributed by atoms with Crippen LogP contribution in [-0.2, 0) is 4.74 Å². The lowest BCUT2D eigenvalue weighted by Crippen LogP contribution is -2.32. The molecule has 5 heteroatoms. The Balaban J connectivity index is 2.33. The molecule has 5 nitrogen and oxygen atoms in total. The number of rotatable bonds is 4. The van der Waals surface area contributed by atoms with Crippen LogP contribution in [0.1, 0.15) is 6.92 Å². The Labute approximate surface area is 100 Å². The molecular weight excluding hydrogens is 218 g/mol. The van der Waals surface area contributed by atoms with Crippen molar-refractivity contribution < 1.29 is 9.15 Å². The monoisotopic (exact) mass is 235 g/mol. The van der Waals surface area contributed by atoms with Gasteiger partial charge in [-0.1, -0.05) is 6.07 Å². The molecule has 0 spiro atoms. The van der Waals surface area contributed by atoms with Crippen LogP contribution in [0.4, 0.5) is 11.7 Å². The zero-order chi connectivity index (χ0) is 12.4. The summed E-state index contributed by atoms with van der Waals surface area (Å²) in [5.74, 6) is 0. The number of ether oxygens (including phenoxy) is 1. The van der Waals surface area contributed by atoms with Gasteiger partial charge in [-0.25, -0.2) is 0 Å². The fraction of sp³-hybridized carbons (Fsp3) is 0.417. The normalized spacial score (nSPS) is 12.9. The first-order valence-electron chi connectivity index (χ1n) is 5.50. The number of para-hydroxylation sites is 1. The molecule has 2 aromatic rings. The molecule has 0 saturated carbocycles. The average Bonchev–Trinajstić information content (AvgIpc) is 2.73. The summed E-state index contributed by atoms with van der Waals surface area (Å²) >= 11 is 0. The number of hydrogen-bond acceptors (Lipinski definition) is 5. The van der Waals surface area contributed by atoms with Crippen LogP contribution in [0.5, 0.6) is 0 Å². The highest BCUT2D eigenvalue weighted by atomic mass is 16.5. The SMILES string of the molecule is COCC(C)N(C)c1nc2c(N)cccc2o1. The predicted octanol–water partition coefficient (Wildman–Crippen LogP) is 1.88. The zero-order valence-electron chi connectivity index (χ0n) is 10.3. The second-order valence-electron chi connectivity index (χ2n) is 4.11. The van der Waals surface area contributed by atoms with Gasteiger partial charge in [0.25, 0.3) is 6.01 Å². The molecule has 1 aromatic carbocycles.